The molecule has 0 aliphatic carbocycles. The van der Waals surface area contributed by atoms with Crippen LogP contribution < -0.4 is 39.8 Å². The Balaban J connectivity index is 0.000000160. The summed E-state index contributed by atoms with van der Waals surface area (Å²) in [6.45, 7) is 6.22. The molecular weight excluding hydrogens is 1030 g/mol. The second-order valence-corrected chi connectivity index (χ2v) is 17.4. The van der Waals surface area contributed by atoms with Gasteiger partial charge in [0.25, 0.3) is 0 Å². The second-order valence-electron chi connectivity index (χ2n) is 17.4. The minimum Gasteiger partial charge on any atom is -1.00 e. The quantitative estimate of drug-likeness (QED) is 0.0243. The van der Waals surface area contributed by atoms with Crippen molar-refractivity contribution < 1.29 is 53.0 Å². The molecule has 0 fully saturated rings. The number of oxazole rings is 3. The van der Waals surface area contributed by atoms with Gasteiger partial charge in [0, 0.05) is 28.1 Å². The molecule has 0 atom stereocenters. The molecule has 11 rings (SSSR count). The van der Waals surface area contributed by atoms with E-state index >= 15 is 0 Å². The maximum absolute atomic E-state index is 13.6. The van der Waals surface area contributed by atoms with Gasteiger partial charge in [0.1, 0.15) is 35.8 Å². The number of carbonyl (C=O) groups excluding carboxylic acids is 1. The van der Waals surface area contributed by atoms with Crippen molar-refractivity contribution in [2.75, 3.05) is 16.6 Å². The Morgan fingerprint density at radius 3 is 1.35 bits per heavy atom. The van der Waals surface area contributed by atoms with Crippen molar-refractivity contribution in [3.8, 4) is 67.6 Å². The van der Waals surface area contributed by atoms with Gasteiger partial charge in [0.15, 0.2) is 6.29 Å². The molecule has 12 nitrogen and oxygen atoms in total. The van der Waals surface area contributed by atoms with E-state index in [0.717, 1.165) is 85.6 Å². The first-order chi connectivity index (χ1) is 37.9. The molecule has 7 N–H and O–H groups in total. The van der Waals surface area contributed by atoms with Crippen molar-refractivity contribution in [2.45, 2.75) is 20.8 Å². The first-order valence-electron chi connectivity index (χ1n) is 24.1. The van der Waals surface area contributed by atoms with Crippen LogP contribution >= 0.6 is 0 Å². The van der Waals surface area contributed by atoms with Gasteiger partial charge in [-0.2, -0.15) is 10.1 Å². The molecule has 398 valence electrons. The van der Waals surface area contributed by atoms with Gasteiger partial charge in [-0.05, 0) is 162 Å². The summed E-state index contributed by atoms with van der Waals surface area (Å²) in [5.41, 5.74) is 26.0. The zero-order valence-corrected chi connectivity index (χ0v) is 43.5. The Bertz CT molecular complexity index is 3710. The lowest BCUT2D eigenvalue weighted by atomic mass is 9.97. The van der Waals surface area contributed by atoms with Crippen LogP contribution in [0.3, 0.4) is 0 Å². The fraction of sp³-hybridized carbons (Fsp3) is 0.0484. The molecule has 0 unspecified atom stereocenters. The summed E-state index contributed by atoms with van der Waals surface area (Å²) in [5, 5.41) is 3.93. The van der Waals surface area contributed by atoms with Crippen LogP contribution in [-0.2, 0) is 0 Å². The molecule has 0 spiro atoms. The molecule has 17 heteroatoms. The number of aldehydes is 1. The summed E-state index contributed by atoms with van der Waals surface area (Å²) in [5.74, 6) is 4.45. The van der Waals surface area contributed by atoms with Crippen LogP contribution in [0.4, 0.5) is 34.6 Å². The van der Waals surface area contributed by atoms with Gasteiger partial charge in [0.2, 0.25) is 23.7 Å². The van der Waals surface area contributed by atoms with Crippen LogP contribution in [0, 0.1) is 44.0 Å². The summed E-state index contributed by atoms with van der Waals surface area (Å²) in [6.07, 6.45) is 11.1. The van der Waals surface area contributed by atoms with Crippen LogP contribution in [0.1, 0.15) is 32.6 Å². The number of H-pyrrole nitrogens is 1. The summed E-state index contributed by atoms with van der Waals surface area (Å²) in [6, 6.07) is 48.9. The van der Waals surface area contributed by atoms with Crippen molar-refractivity contribution in [2.24, 2.45) is 10.9 Å². The zero-order valence-electron chi connectivity index (χ0n) is 42.7. The number of nitrogens with zero attached hydrogens (tertiary/aromatic N) is 3. The number of nitrogen functional groups attached to an aromatic ring is 2. The number of hydrazone groups is 1. The van der Waals surface area contributed by atoms with Crippen LogP contribution in [-0.4, -0.2) is 22.5 Å². The number of hydrogen-bond donors (Lipinski definition) is 4. The monoisotopic (exact) mass is 1080 g/mol. The highest BCUT2D eigenvalue weighted by Gasteiger charge is 2.12. The van der Waals surface area contributed by atoms with Crippen molar-refractivity contribution in [1.29, 1.82) is 0 Å². The first kappa shape index (κ1) is 56.8. The largest absolute Gasteiger partial charge is 1.00 e. The topological polar surface area (TPSA) is 185 Å². The Morgan fingerprint density at radius 1 is 0.532 bits per heavy atom. The number of halogens is 5. The number of hydrazine groups is 1. The van der Waals surface area contributed by atoms with Gasteiger partial charge in [-0.3, -0.25) is 16.1 Å². The number of nitrogens with two attached hydrogens (primary N) is 2. The zero-order chi connectivity index (χ0) is 55.0. The van der Waals surface area contributed by atoms with Gasteiger partial charge in [-0.1, -0.05) is 72.8 Å². The highest BCUT2D eigenvalue weighted by atomic mass is 35.5. The lowest BCUT2D eigenvalue weighted by Crippen LogP contribution is -3.00. The van der Waals surface area contributed by atoms with Crippen LogP contribution in [0.25, 0.3) is 67.6 Å². The van der Waals surface area contributed by atoms with Crippen LogP contribution in [0.2, 0.25) is 0 Å². The Hall–Kier alpha value is -9.90. The number of aryl methyl sites for hydroxylation is 3. The van der Waals surface area contributed by atoms with Gasteiger partial charge in [-0.25, -0.2) is 27.5 Å². The third kappa shape index (κ3) is 14.7. The molecule has 0 bridgehead atoms. The third-order valence-corrected chi connectivity index (χ3v) is 12.1. The Morgan fingerprint density at radius 2 is 0.949 bits per heavy atom. The van der Waals surface area contributed by atoms with Gasteiger partial charge in [0.05, 0.1) is 35.4 Å². The van der Waals surface area contributed by atoms with E-state index in [1.165, 1.54) is 41.0 Å². The Kier molecular flexibility index (Phi) is 19.6. The number of aromatic amines is 1. The lowest BCUT2D eigenvalue weighted by Gasteiger charge is -2.09. The summed E-state index contributed by atoms with van der Waals surface area (Å²) in [4.78, 5) is 21.3. The number of aromatic nitrogens is 3. The van der Waals surface area contributed by atoms with Crippen molar-refractivity contribution in [1.82, 2.24) is 9.97 Å². The lowest BCUT2D eigenvalue weighted by molar-refractivity contribution is -0.383. The van der Waals surface area contributed by atoms with E-state index in [9.17, 15) is 22.4 Å². The smallest absolute Gasteiger partial charge is 0.333 e. The van der Waals surface area contributed by atoms with Crippen LogP contribution in [0.5, 0.6) is 0 Å². The van der Waals surface area contributed by atoms with E-state index in [2.05, 4.69) is 87.2 Å². The van der Waals surface area contributed by atoms with E-state index in [0.29, 0.717) is 17.5 Å². The maximum Gasteiger partial charge on any atom is 0.333 e. The average Bonchev–Trinajstić information content (AvgIpc) is 4.35. The van der Waals surface area contributed by atoms with E-state index in [-0.39, 0.29) is 24.3 Å². The highest BCUT2D eigenvalue weighted by Crippen LogP contribution is 2.32. The SMILES string of the molecule is Cc1ccc(-c2c[nH+]co2)cc1-c1ccc(NN)cc1.Cc1ccc(-c2ncco2)cc1-c1ccc(N)cc1.Cc1ccc(-c2ncco2)cc1-c1ccc(N/N=C/c2c(F)cccc2F)cc1.O=Cc1c(F)cccc1F.[Cl-]. The molecular formula is C62H51ClF4N8O4. The van der Waals surface area contributed by atoms with E-state index in [1.807, 2.05) is 98.0 Å². The van der Waals surface area contributed by atoms with Crippen molar-refractivity contribution >= 4 is 29.6 Å². The molecule has 0 saturated carbocycles. The first-order valence-corrected chi connectivity index (χ1v) is 24.1. The molecule has 11 aromatic rings. The summed E-state index contributed by atoms with van der Waals surface area (Å²) in [7, 11) is 0. The fourth-order valence-electron chi connectivity index (χ4n) is 7.90. The van der Waals surface area contributed by atoms with Crippen molar-refractivity contribution in [3.05, 3.63) is 252 Å². The van der Waals surface area contributed by atoms with Gasteiger partial charge < -0.3 is 36.8 Å². The van der Waals surface area contributed by atoms with Crippen molar-refractivity contribution in [3.63, 3.8) is 0 Å². The van der Waals surface area contributed by atoms with Gasteiger partial charge in [-0.15, -0.1) is 0 Å². The predicted molar refractivity (Wildman–Crippen MR) is 297 cm³/mol. The molecule has 0 amide bonds. The minimum absolute atomic E-state index is 0. The number of hydrogen-bond acceptors (Lipinski definition) is 11. The van der Waals surface area contributed by atoms with E-state index in [1.54, 1.807) is 31.3 Å². The molecule has 79 heavy (non-hydrogen) atoms. The molecule has 3 aromatic heterocycles. The molecule has 0 aliphatic heterocycles. The number of anilines is 3. The predicted octanol–water partition coefficient (Wildman–Crippen LogP) is 11.7. The maximum atomic E-state index is 13.6. The highest BCUT2D eigenvalue weighted by molar-refractivity contribution is 5.81. The third-order valence-electron chi connectivity index (χ3n) is 12.1. The number of nitrogens with one attached hydrogen (secondary N) is 3. The van der Waals surface area contributed by atoms with Gasteiger partial charge >= 0.3 is 6.39 Å². The molecule has 0 saturated heterocycles. The fourth-order valence-corrected chi connectivity index (χ4v) is 7.90. The summed E-state index contributed by atoms with van der Waals surface area (Å²) >= 11 is 0. The van der Waals surface area contributed by atoms with Crippen LogP contribution in [0.15, 0.2) is 220 Å². The molecule has 0 radical (unpaired) electrons. The standard InChI is InChI=1S/C23H17F2N3O.C16H15N3O.C16H14N2O.C7H4F2O.ClH/c1-15-5-6-17(23-26-11-12-29-23)13-19(15)16-7-9-18(10-8-16)28-27-14-20-21(24)3-2-4-22(20)25;1-11-2-3-13(16-9-18-10-20-16)8-15(11)12-4-6-14(19-17)7-5-12;1-11-2-3-13(16-18-8-9-19-16)10-15(11)12-4-6-14(17)7-5-12;8-6-2-1-3-7(9)5(6)4-10;/h2-14,28H,1H3;2-10,19H,17H2,1H3;2-10H,17H2,1H3;1-4H;1H/b27-14+;;;;. The number of benzene rings is 8. The van der Waals surface area contributed by atoms with E-state index < -0.39 is 28.8 Å². The minimum atomic E-state index is -0.824. The Labute approximate surface area is 458 Å². The second kappa shape index (κ2) is 27.2. The summed E-state index contributed by atoms with van der Waals surface area (Å²) < 4.78 is 68.1. The normalized spacial score (nSPS) is 10.5. The number of rotatable bonds is 11. The molecule has 0 aliphatic rings. The number of carbonyl (C=O) groups is 1. The molecule has 3 heterocycles. The average molecular weight is 1080 g/mol. The van der Waals surface area contributed by atoms with E-state index in [4.69, 9.17) is 24.8 Å². The molecule has 8 aromatic carbocycles.